The van der Waals surface area contributed by atoms with Crippen molar-refractivity contribution < 1.29 is 18.0 Å². The van der Waals surface area contributed by atoms with E-state index in [1.54, 1.807) is 28.3 Å². The largest absolute Gasteiger partial charge is 0.368 e. The lowest BCUT2D eigenvalue weighted by Crippen LogP contribution is -2.50. The van der Waals surface area contributed by atoms with Crippen LogP contribution in [0.1, 0.15) is 42.4 Å². The highest BCUT2D eigenvalue weighted by atomic mass is 32.2. The number of hydrogen-bond acceptors (Lipinski definition) is 5. The third kappa shape index (κ3) is 5.32. The van der Waals surface area contributed by atoms with Crippen molar-refractivity contribution in [3.05, 3.63) is 59.2 Å². The first-order valence-electron chi connectivity index (χ1n) is 11.8. The second-order valence-corrected chi connectivity index (χ2v) is 11.0. The van der Waals surface area contributed by atoms with Gasteiger partial charge in [-0.15, -0.1) is 0 Å². The molecule has 0 saturated carbocycles. The molecule has 4 rings (SSSR count). The summed E-state index contributed by atoms with van der Waals surface area (Å²) in [7, 11) is -3.64. The zero-order valence-electron chi connectivity index (χ0n) is 19.5. The van der Waals surface area contributed by atoms with Crippen LogP contribution in [0.2, 0.25) is 0 Å². The van der Waals surface area contributed by atoms with E-state index in [1.807, 2.05) is 24.3 Å². The number of nitrogens with zero attached hydrogens (tertiary/aromatic N) is 2. The van der Waals surface area contributed by atoms with Gasteiger partial charge >= 0.3 is 0 Å². The van der Waals surface area contributed by atoms with E-state index in [2.05, 4.69) is 5.32 Å². The number of sulfonamides is 1. The standard InChI is InChI=1S/C25H32N4O4S/c1-18-10-11-21(15-23(18)34(32,33)29-12-6-2-3-7-13-29)27-24(30)17-28-16-20-9-5-4-8-19(20)14-22(28)25(26)31/h4-5,8-11,15,22H,2-3,6-7,12-14,16-17H2,1H3,(H2,26,31)(H,27,30)/t22-/m0/s1. The first-order chi connectivity index (χ1) is 16.3. The fourth-order valence-electron chi connectivity index (χ4n) is 4.79. The fraction of sp³-hybridized carbons (Fsp3) is 0.440. The number of nitrogens with two attached hydrogens (primary N) is 1. The molecule has 2 amide bonds. The Morgan fingerprint density at radius 3 is 2.38 bits per heavy atom. The number of nitrogens with one attached hydrogen (secondary N) is 1. The highest BCUT2D eigenvalue weighted by Gasteiger charge is 2.31. The second kappa shape index (κ2) is 10.2. The summed E-state index contributed by atoms with van der Waals surface area (Å²) in [4.78, 5) is 26.9. The van der Waals surface area contributed by atoms with Crippen LogP contribution in [0, 0.1) is 6.92 Å². The summed E-state index contributed by atoms with van der Waals surface area (Å²) >= 11 is 0. The van der Waals surface area contributed by atoms with Crippen LogP contribution in [0.4, 0.5) is 5.69 Å². The summed E-state index contributed by atoms with van der Waals surface area (Å²) in [6.07, 6.45) is 4.24. The molecule has 2 aliphatic heterocycles. The minimum absolute atomic E-state index is 0.0238. The summed E-state index contributed by atoms with van der Waals surface area (Å²) < 4.78 is 28.2. The van der Waals surface area contributed by atoms with Crippen LogP contribution in [0.15, 0.2) is 47.4 Å². The Kier molecular flexibility index (Phi) is 7.35. The van der Waals surface area contributed by atoms with Gasteiger partial charge in [-0.25, -0.2) is 8.42 Å². The van der Waals surface area contributed by atoms with E-state index in [0.29, 0.717) is 37.3 Å². The number of fused-ring (bicyclic) bond motifs is 1. The number of hydrogen-bond donors (Lipinski definition) is 2. The molecule has 9 heteroatoms. The summed E-state index contributed by atoms with van der Waals surface area (Å²) in [6.45, 7) is 3.22. The molecule has 0 radical (unpaired) electrons. The van der Waals surface area contributed by atoms with Crippen LogP contribution in [-0.4, -0.2) is 55.1 Å². The van der Waals surface area contributed by atoms with Crippen LogP contribution >= 0.6 is 0 Å². The highest BCUT2D eigenvalue weighted by Crippen LogP contribution is 2.27. The SMILES string of the molecule is Cc1ccc(NC(=O)CN2Cc3ccccc3C[C@H]2C(N)=O)cc1S(=O)(=O)N1CCCCCC1. The molecule has 2 heterocycles. The van der Waals surface area contributed by atoms with Gasteiger partial charge in [-0.1, -0.05) is 43.2 Å². The van der Waals surface area contributed by atoms with Crippen LogP contribution in [0.25, 0.3) is 0 Å². The normalized spacial score (nSPS) is 19.7. The predicted molar refractivity (Wildman–Crippen MR) is 131 cm³/mol. The second-order valence-electron chi connectivity index (χ2n) is 9.14. The minimum atomic E-state index is -3.64. The first kappa shape index (κ1) is 24.4. The van der Waals surface area contributed by atoms with Crippen LogP contribution < -0.4 is 11.1 Å². The molecule has 2 aromatic carbocycles. The molecule has 0 aromatic heterocycles. The van der Waals surface area contributed by atoms with Gasteiger partial charge < -0.3 is 11.1 Å². The molecule has 1 saturated heterocycles. The van der Waals surface area contributed by atoms with Gasteiger partial charge in [0.05, 0.1) is 17.5 Å². The van der Waals surface area contributed by atoms with Crippen molar-refractivity contribution >= 4 is 27.5 Å². The zero-order valence-corrected chi connectivity index (χ0v) is 20.3. The fourth-order valence-corrected chi connectivity index (χ4v) is 6.55. The number of rotatable bonds is 6. The van der Waals surface area contributed by atoms with Crippen LogP contribution in [0.3, 0.4) is 0 Å². The Balaban J connectivity index is 1.49. The number of amides is 2. The molecule has 3 N–H and O–H groups in total. The van der Waals surface area contributed by atoms with Crippen LogP contribution in [-0.2, 0) is 32.6 Å². The maximum atomic E-state index is 13.3. The van der Waals surface area contributed by atoms with Gasteiger partial charge in [0.1, 0.15) is 0 Å². The highest BCUT2D eigenvalue weighted by molar-refractivity contribution is 7.89. The average Bonchev–Trinajstić information content (AvgIpc) is 3.10. The number of primary amides is 1. The van der Waals surface area contributed by atoms with Crippen molar-refractivity contribution in [3.63, 3.8) is 0 Å². The van der Waals surface area contributed by atoms with Gasteiger partial charge in [-0.05, 0) is 55.0 Å². The Morgan fingerprint density at radius 1 is 1.03 bits per heavy atom. The molecule has 182 valence electrons. The lowest BCUT2D eigenvalue weighted by molar-refractivity contribution is -0.125. The molecule has 0 aliphatic carbocycles. The summed E-state index contributed by atoms with van der Waals surface area (Å²) in [5.74, 6) is -0.795. The smallest absolute Gasteiger partial charge is 0.243 e. The van der Waals surface area contributed by atoms with Crippen molar-refractivity contribution in [2.24, 2.45) is 5.73 Å². The summed E-state index contributed by atoms with van der Waals surface area (Å²) in [6, 6.07) is 12.2. The van der Waals surface area contributed by atoms with Crippen molar-refractivity contribution in [2.45, 2.75) is 56.5 Å². The first-order valence-corrected chi connectivity index (χ1v) is 13.2. The topological polar surface area (TPSA) is 113 Å². The van der Waals surface area contributed by atoms with E-state index >= 15 is 0 Å². The Hall–Kier alpha value is -2.75. The molecule has 1 atom stereocenters. The number of anilines is 1. The van der Waals surface area contributed by atoms with Gasteiger partial charge in [-0.3, -0.25) is 14.5 Å². The monoisotopic (exact) mass is 484 g/mol. The number of aryl methyl sites for hydroxylation is 1. The molecule has 1 fully saturated rings. The van der Waals surface area contributed by atoms with E-state index in [4.69, 9.17) is 5.73 Å². The maximum Gasteiger partial charge on any atom is 0.243 e. The number of carbonyl (C=O) groups excluding carboxylic acids is 2. The van der Waals surface area contributed by atoms with E-state index in [0.717, 1.165) is 36.8 Å². The van der Waals surface area contributed by atoms with Gasteiger partial charge in [0.2, 0.25) is 21.8 Å². The Bertz CT molecular complexity index is 1170. The molecule has 0 unspecified atom stereocenters. The summed E-state index contributed by atoms with van der Waals surface area (Å²) in [5, 5.41) is 2.81. The predicted octanol–water partition coefficient (Wildman–Crippen LogP) is 2.41. The molecule has 0 spiro atoms. The van der Waals surface area contributed by atoms with Crippen LogP contribution in [0.5, 0.6) is 0 Å². The number of carbonyl (C=O) groups is 2. The number of benzene rings is 2. The van der Waals surface area contributed by atoms with Gasteiger partial charge in [0.15, 0.2) is 0 Å². The molecule has 2 aromatic rings. The van der Waals surface area contributed by atoms with Crippen molar-refractivity contribution in [1.29, 1.82) is 0 Å². The molecular formula is C25H32N4O4S. The molecule has 8 nitrogen and oxygen atoms in total. The van der Waals surface area contributed by atoms with Gasteiger partial charge in [0, 0.05) is 25.3 Å². The van der Waals surface area contributed by atoms with Crippen molar-refractivity contribution in [1.82, 2.24) is 9.21 Å². The van der Waals surface area contributed by atoms with Crippen molar-refractivity contribution in [2.75, 3.05) is 25.0 Å². The molecule has 34 heavy (non-hydrogen) atoms. The quantitative estimate of drug-likeness (QED) is 0.654. The third-order valence-corrected chi connectivity index (χ3v) is 8.72. The molecule has 2 aliphatic rings. The summed E-state index contributed by atoms with van der Waals surface area (Å²) in [5.41, 5.74) is 8.81. The van der Waals surface area contributed by atoms with E-state index in [9.17, 15) is 18.0 Å². The van der Waals surface area contributed by atoms with E-state index < -0.39 is 22.0 Å². The van der Waals surface area contributed by atoms with Gasteiger partial charge in [-0.2, -0.15) is 4.31 Å². The van der Waals surface area contributed by atoms with Gasteiger partial charge in [0.25, 0.3) is 0 Å². The third-order valence-electron chi connectivity index (χ3n) is 6.68. The van der Waals surface area contributed by atoms with Crippen molar-refractivity contribution in [3.8, 4) is 0 Å². The molecular weight excluding hydrogens is 452 g/mol. The maximum absolute atomic E-state index is 13.3. The lowest BCUT2D eigenvalue weighted by atomic mass is 9.93. The molecule has 0 bridgehead atoms. The Morgan fingerprint density at radius 2 is 1.71 bits per heavy atom. The lowest BCUT2D eigenvalue weighted by Gasteiger charge is -2.34. The van der Waals surface area contributed by atoms with E-state index in [-0.39, 0.29) is 17.3 Å². The Labute approximate surface area is 201 Å². The minimum Gasteiger partial charge on any atom is -0.368 e. The zero-order chi connectivity index (χ0) is 24.3. The van der Waals surface area contributed by atoms with E-state index in [1.165, 1.54) is 6.07 Å². The average molecular weight is 485 g/mol.